The summed E-state index contributed by atoms with van der Waals surface area (Å²) in [5, 5.41) is 0. The maximum absolute atomic E-state index is 12.8. The lowest BCUT2D eigenvalue weighted by molar-refractivity contribution is 0.0684. The molecule has 1 aliphatic rings. The largest absolute Gasteiger partial charge is 0.497 e. The summed E-state index contributed by atoms with van der Waals surface area (Å²) in [6.45, 7) is 8.57. The van der Waals surface area contributed by atoms with Gasteiger partial charge in [0.2, 0.25) is 0 Å². The molecule has 156 valence electrons. The highest BCUT2D eigenvalue weighted by molar-refractivity contribution is 5.91. The molecular formula is C23H32N4O2. The number of piperidine rings is 1. The molecule has 3 rings (SSSR count). The Morgan fingerprint density at radius 2 is 2.17 bits per heavy atom. The number of likely N-dealkylation sites (tertiary alicyclic amines) is 1. The Morgan fingerprint density at radius 1 is 1.31 bits per heavy atom. The zero-order valence-electron chi connectivity index (χ0n) is 17.8. The van der Waals surface area contributed by atoms with E-state index in [1.807, 2.05) is 30.9 Å². The lowest BCUT2D eigenvalue weighted by atomic mass is 9.96. The molecule has 1 unspecified atom stereocenters. The average Bonchev–Trinajstić information content (AvgIpc) is 2.76. The monoisotopic (exact) mass is 396 g/mol. The zero-order valence-corrected chi connectivity index (χ0v) is 17.8. The van der Waals surface area contributed by atoms with Gasteiger partial charge in [-0.3, -0.25) is 9.78 Å². The van der Waals surface area contributed by atoms with Crippen molar-refractivity contribution in [1.82, 2.24) is 19.8 Å². The second kappa shape index (κ2) is 10.3. The number of hydrogen-bond donors (Lipinski definition) is 0. The van der Waals surface area contributed by atoms with Gasteiger partial charge >= 0.3 is 0 Å². The predicted octanol–water partition coefficient (Wildman–Crippen LogP) is 3.21. The van der Waals surface area contributed by atoms with Crippen molar-refractivity contribution in [3.8, 4) is 5.75 Å². The molecule has 1 amide bonds. The summed E-state index contributed by atoms with van der Waals surface area (Å²) >= 11 is 0. The van der Waals surface area contributed by atoms with Crippen LogP contribution in [-0.2, 0) is 6.42 Å². The molecule has 0 saturated carbocycles. The quantitative estimate of drug-likeness (QED) is 0.686. The smallest absolute Gasteiger partial charge is 0.274 e. The van der Waals surface area contributed by atoms with Gasteiger partial charge in [-0.15, -0.1) is 0 Å². The van der Waals surface area contributed by atoms with Gasteiger partial charge in [0.1, 0.15) is 11.4 Å². The van der Waals surface area contributed by atoms with Crippen LogP contribution >= 0.6 is 0 Å². The molecule has 1 fully saturated rings. The maximum atomic E-state index is 12.8. The van der Waals surface area contributed by atoms with E-state index < -0.39 is 0 Å². The third-order valence-electron chi connectivity index (χ3n) is 5.60. The molecule has 0 radical (unpaired) electrons. The minimum absolute atomic E-state index is 0.0199. The van der Waals surface area contributed by atoms with Gasteiger partial charge in [-0.1, -0.05) is 12.1 Å². The summed E-state index contributed by atoms with van der Waals surface area (Å²) in [5.74, 6) is 1.39. The molecule has 1 aromatic carbocycles. The maximum Gasteiger partial charge on any atom is 0.274 e. The van der Waals surface area contributed by atoms with Crippen molar-refractivity contribution in [3.05, 3.63) is 53.6 Å². The number of carbonyl (C=O) groups is 1. The van der Waals surface area contributed by atoms with Gasteiger partial charge in [0.25, 0.3) is 5.91 Å². The summed E-state index contributed by atoms with van der Waals surface area (Å²) in [4.78, 5) is 25.7. The van der Waals surface area contributed by atoms with Crippen molar-refractivity contribution in [2.75, 3.05) is 39.8 Å². The molecule has 0 N–H and O–H groups in total. The van der Waals surface area contributed by atoms with Gasteiger partial charge in [0.05, 0.1) is 19.0 Å². The number of methoxy groups -OCH3 is 1. The number of carbonyl (C=O) groups excluding carboxylic acids is 1. The number of hydrogen-bond acceptors (Lipinski definition) is 5. The Labute approximate surface area is 173 Å². The Kier molecular flexibility index (Phi) is 7.58. The van der Waals surface area contributed by atoms with E-state index in [4.69, 9.17) is 4.74 Å². The molecule has 2 aromatic rings. The van der Waals surface area contributed by atoms with E-state index in [0.717, 1.165) is 44.0 Å². The normalized spacial score (nSPS) is 17.1. The highest BCUT2D eigenvalue weighted by Crippen LogP contribution is 2.20. The molecule has 6 heteroatoms. The van der Waals surface area contributed by atoms with Crippen LogP contribution in [0.5, 0.6) is 5.75 Å². The molecule has 29 heavy (non-hydrogen) atoms. The average molecular weight is 397 g/mol. The van der Waals surface area contributed by atoms with Crippen molar-refractivity contribution < 1.29 is 9.53 Å². The second-order valence-corrected chi connectivity index (χ2v) is 7.80. The van der Waals surface area contributed by atoms with Crippen molar-refractivity contribution in [1.29, 1.82) is 0 Å². The van der Waals surface area contributed by atoms with E-state index in [1.54, 1.807) is 19.5 Å². The molecule has 1 aliphatic heterocycles. The summed E-state index contributed by atoms with van der Waals surface area (Å²) < 4.78 is 5.32. The lowest BCUT2D eigenvalue weighted by Crippen LogP contribution is -2.43. The van der Waals surface area contributed by atoms with E-state index in [9.17, 15) is 4.79 Å². The van der Waals surface area contributed by atoms with Crippen LogP contribution in [-0.4, -0.2) is 65.5 Å². The van der Waals surface area contributed by atoms with Crippen LogP contribution in [0.1, 0.15) is 41.5 Å². The highest BCUT2D eigenvalue weighted by Gasteiger charge is 2.24. The Balaban J connectivity index is 1.53. The number of ether oxygens (including phenoxy) is 1. The number of rotatable bonds is 8. The Hall–Kier alpha value is -2.47. The molecule has 0 spiro atoms. The van der Waals surface area contributed by atoms with Crippen LogP contribution in [0.25, 0.3) is 0 Å². The van der Waals surface area contributed by atoms with Crippen LogP contribution in [0.2, 0.25) is 0 Å². The topological polar surface area (TPSA) is 58.6 Å². The fourth-order valence-electron chi connectivity index (χ4n) is 3.95. The summed E-state index contributed by atoms with van der Waals surface area (Å²) in [6.07, 6.45) is 6.60. The van der Waals surface area contributed by atoms with E-state index in [1.165, 1.54) is 18.4 Å². The lowest BCUT2D eigenvalue weighted by Gasteiger charge is -2.35. The van der Waals surface area contributed by atoms with Crippen molar-refractivity contribution in [3.63, 3.8) is 0 Å². The molecule has 0 bridgehead atoms. The number of amides is 1. The SMILES string of the molecule is CCN(CC1CCCN(CCc2cccc(OC)c2)C1)C(=O)c1cnc(C)cn1. The third kappa shape index (κ3) is 6.00. The van der Waals surface area contributed by atoms with Gasteiger partial charge in [-0.25, -0.2) is 4.98 Å². The molecule has 1 atom stereocenters. The standard InChI is InChI=1S/C23H32N4O2/c1-4-27(23(28)22-15-24-18(2)14-25-22)17-20-8-6-11-26(16-20)12-10-19-7-5-9-21(13-19)29-3/h5,7,9,13-15,20H,4,6,8,10-12,16-17H2,1-3H3. The number of nitrogens with zero attached hydrogens (tertiary/aromatic N) is 4. The minimum Gasteiger partial charge on any atom is -0.497 e. The molecule has 2 heterocycles. The van der Waals surface area contributed by atoms with Crippen molar-refractivity contribution in [2.45, 2.75) is 33.1 Å². The van der Waals surface area contributed by atoms with Gasteiger partial charge < -0.3 is 14.5 Å². The van der Waals surface area contributed by atoms with Crippen LogP contribution in [0.15, 0.2) is 36.7 Å². The van der Waals surface area contributed by atoms with Crippen LogP contribution in [0, 0.1) is 12.8 Å². The third-order valence-corrected chi connectivity index (χ3v) is 5.60. The summed E-state index contributed by atoms with van der Waals surface area (Å²) in [7, 11) is 1.71. The molecule has 1 saturated heterocycles. The van der Waals surface area contributed by atoms with Crippen LogP contribution in [0.3, 0.4) is 0 Å². The number of benzene rings is 1. The molecule has 6 nitrogen and oxygen atoms in total. The van der Waals surface area contributed by atoms with Crippen LogP contribution < -0.4 is 4.74 Å². The number of aromatic nitrogens is 2. The first-order valence-electron chi connectivity index (χ1n) is 10.5. The first kappa shape index (κ1) is 21.2. The minimum atomic E-state index is -0.0199. The molecule has 0 aliphatic carbocycles. The zero-order chi connectivity index (χ0) is 20.6. The molecular weight excluding hydrogens is 364 g/mol. The van der Waals surface area contributed by atoms with E-state index >= 15 is 0 Å². The summed E-state index contributed by atoms with van der Waals surface area (Å²) in [6, 6.07) is 8.30. The Bertz CT molecular complexity index is 794. The van der Waals surface area contributed by atoms with Gasteiger partial charge in [0, 0.05) is 32.4 Å². The van der Waals surface area contributed by atoms with Crippen LogP contribution in [0.4, 0.5) is 0 Å². The Morgan fingerprint density at radius 3 is 2.90 bits per heavy atom. The number of aryl methyl sites for hydroxylation is 1. The van der Waals surface area contributed by atoms with Gasteiger partial charge in [-0.2, -0.15) is 0 Å². The fraction of sp³-hybridized carbons (Fsp3) is 0.522. The van der Waals surface area contributed by atoms with E-state index in [2.05, 4.69) is 27.0 Å². The fourth-order valence-corrected chi connectivity index (χ4v) is 3.95. The van der Waals surface area contributed by atoms with Crippen molar-refractivity contribution >= 4 is 5.91 Å². The molecule has 1 aromatic heterocycles. The first-order chi connectivity index (χ1) is 14.1. The second-order valence-electron chi connectivity index (χ2n) is 7.80. The van der Waals surface area contributed by atoms with Gasteiger partial charge in [0.15, 0.2) is 0 Å². The van der Waals surface area contributed by atoms with Crippen molar-refractivity contribution in [2.24, 2.45) is 5.92 Å². The van der Waals surface area contributed by atoms with E-state index in [-0.39, 0.29) is 5.91 Å². The van der Waals surface area contributed by atoms with Gasteiger partial charge in [-0.05, 0) is 63.3 Å². The first-order valence-corrected chi connectivity index (χ1v) is 10.5. The highest BCUT2D eigenvalue weighted by atomic mass is 16.5. The summed E-state index contributed by atoms with van der Waals surface area (Å²) in [5.41, 5.74) is 2.56. The predicted molar refractivity (Wildman–Crippen MR) is 114 cm³/mol. The van der Waals surface area contributed by atoms with E-state index in [0.29, 0.717) is 18.2 Å².